The molecule has 2 aromatic carbocycles. The third-order valence-electron chi connectivity index (χ3n) is 5.89. The molecule has 6 nitrogen and oxygen atoms in total. The molecule has 150 valence electrons. The third-order valence-corrected chi connectivity index (χ3v) is 5.89. The van der Waals surface area contributed by atoms with Crippen molar-refractivity contribution < 1.29 is 9.59 Å². The Morgan fingerprint density at radius 3 is 1.50 bits per heavy atom. The van der Waals surface area contributed by atoms with Crippen LogP contribution in [0, 0.1) is 0 Å². The molecule has 30 heavy (non-hydrogen) atoms. The molecule has 0 fully saturated rings. The number of aromatic amines is 2. The zero-order valence-electron chi connectivity index (χ0n) is 16.8. The molecule has 0 bridgehead atoms. The Morgan fingerprint density at radius 1 is 0.700 bits per heavy atom. The smallest absolute Gasteiger partial charge is 0.224 e. The van der Waals surface area contributed by atoms with Crippen LogP contribution in [0.1, 0.15) is 37.1 Å². The second kappa shape index (κ2) is 6.91. The van der Waals surface area contributed by atoms with Crippen molar-refractivity contribution in [2.75, 3.05) is 0 Å². The summed E-state index contributed by atoms with van der Waals surface area (Å²) in [7, 11) is 0. The number of aromatic nitrogens is 2. The van der Waals surface area contributed by atoms with Crippen LogP contribution in [0.5, 0.6) is 0 Å². The van der Waals surface area contributed by atoms with Crippen LogP contribution in [0.25, 0.3) is 21.8 Å². The average Bonchev–Trinajstić information content (AvgIpc) is 3.36. The summed E-state index contributed by atoms with van der Waals surface area (Å²) in [5.74, 6) is -0.149. The Labute approximate surface area is 173 Å². The molecule has 0 saturated heterocycles. The summed E-state index contributed by atoms with van der Waals surface area (Å²) in [4.78, 5) is 35.4. The van der Waals surface area contributed by atoms with E-state index in [0.29, 0.717) is 0 Å². The van der Waals surface area contributed by atoms with Crippen LogP contribution < -0.4 is 0 Å². The number of nitrogens with zero attached hydrogens (tertiary/aromatic N) is 2. The SMILES string of the molecule is CC(=O)N1C=CN(C(C)=O)[C@@H](c2c[nH]c3ccccc23)[C@@H]1c1c[nH]c2ccccc12. The Hall–Kier alpha value is -3.80. The van der Waals surface area contributed by atoms with Crippen molar-refractivity contribution in [1.29, 1.82) is 0 Å². The van der Waals surface area contributed by atoms with Gasteiger partial charge in [0.15, 0.2) is 0 Å². The summed E-state index contributed by atoms with van der Waals surface area (Å²) in [6.07, 6.45) is 7.32. The number of carbonyl (C=O) groups is 2. The first-order valence-corrected chi connectivity index (χ1v) is 9.94. The fourth-order valence-corrected chi connectivity index (χ4v) is 4.55. The van der Waals surface area contributed by atoms with Gasteiger partial charge in [-0.15, -0.1) is 0 Å². The molecule has 0 spiro atoms. The van der Waals surface area contributed by atoms with Crippen LogP contribution in [0.4, 0.5) is 0 Å². The summed E-state index contributed by atoms with van der Waals surface area (Å²) < 4.78 is 0. The van der Waals surface area contributed by atoms with Gasteiger partial charge >= 0.3 is 0 Å². The van der Waals surface area contributed by atoms with Crippen LogP contribution in [0.15, 0.2) is 73.3 Å². The third kappa shape index (κ3) is 2.72. The molecule has 2 amide bonds. The fraction of sp³-hybridized carbons (Fsp3) is 0.167. The van der Waals surface area contributed by atoms with Crippen LogP contribution in [0.2, 0.25) is 0 Å². The van der Waals surface area contributed by atoms with E-state index in [9.17, 15) is 9.59 Å². The highest BCUT2D eigenvalue weighted by molar-refractivity contribution is 5.88. The Kier molecular flexibility index (Phi) is 4.20. The largest absolute Gasteiger partial charge is 0.361 e. The van der Waals surface area contributed by atoms with Crippen molar-refractivity contribution >= 4 is 33.6 Å². The average molecular weight is 398 g/mol. The molecule has 2 N–H and O–H groups in total. The molecule has 2 atom stereocenters. The number of carbonyl (C=O) groups excluding carboxylic acids is 2. The highest BCUT2D eigenvalue weighted by Gasteiger charge is 2.40. The van der Waals surface area contributed by atoms with Crippen molar-refractivity contribution in [2.45, 2.75) is 25.9 Å². The van der Waals surface area contributed by atoms with Crippen LogP contribution in [-0.4, -0.2) is 31.6 Å². The quantitative estimate of drug-likeness (QED) is 0.517. The molecule has 0 aliphatic carbocycles. The molecule has 1 aliphatic heterocycles. The lowest BCUT2D eigenvalue weighted by molar-refractivity contribution is -0.136. The van der Waals surface area contributed by atoms with E-state index in [1.807, 2.05) is 60.9 Å². The van der Waals surface area contributed by atoms with Crippen molar-refractivity contribution in [3.63, 3.8) is 0 Å². The molecular formula is C24H22N4O2. The number of para-hydroxylation sites is 2. The van der Waals surface area contributed by atoms with Crippen LogP contribution >= 0.6 is 0 Å². The van der Waals surface area contributed by atoms with E-state index < -0.39 is 0 Å². The number of amides is 2. The molecule has 4 aromatic rings. The van der Waals surface area contributed by atoms with Gasteiger partial charge in [0, 0.05) is 71.6 Å². The van der Waals surface area contributed by atoms with Gasteiger partial charge in [0.1, 0.15) is 0 Å². The summed E-state index contributed by atoms with van der Waals surface area (Å²) in [6, 6.07) is 15.3. The van der Waals surface area contributed by atoms with Crippen LogP contribution in [-0.2, 0) is 9.59 Å². The van der Waals surface area contributed by atoms with Gasteiger partial charge in [-0.1, -0.05) is 36.4 Å². The van der Waals surface area contributed by atoms with Gasteiger partial charge in [0.05, 0.1) is 12.1 Å². The summed E-state index contributed by atoms with van der Waals surface area (Å²) in [5, 5.41) is 2.08. The summed E-state index contributed by atoms with van der Waals surface area (Å²) >= 11 is 0. The monoisotopic (exact) mass is 398 g/mol. The van der Waals surface area contributed by atoms with E-state index in [2.05, 4.69) is 9.97 Å². The topological polar surface area (TPSA) is 72.2 Å². The molecule has 0 radical (unpaired) electrons. The first kappa shape index (κ1) is 18.2. The van der Waals surface area contributed by atoms with Crippen LogP contribution in [0.3, 0.4) is 0 Å². The molecule has 0 unspecified atom stereocenters. The van der Waals surface area contributed by atoms with E-state index >= 15 is 0 Å². The highest BCUT2D eigenvalue weighted by atomic mass is 16.2. The lowest BCUT2D eigenvalue weighted by atomic mass is 9.89. The van der Waals surface area contributed by atoms with Gasteiger partial charge < -0.3 is 19.8 Å². The molecule has 6 heteroatoms. The minimum Gasteiger partial charge on any atom is -0.361 e. The predicted octanol–water partition coefficient (Wildman–Crippen LogP) is 4.61. The second-order valence-electron chi connectivity index (χ2n) is 7.62. The van der Waals surface area contributed by atoms with E-state index in [1.165, 1.54) is 0 Å². The number of rotatable bonds is 2. The molecule has 1 aliphatic rings. The van der Waals surface area contributed by atoms with Gasteiger partial charge in [-0.05, 0) is 12.1 Å². The number of H-pyrrole nitrogens is 2. The number of nitrogens with one attached hydrogen (secondary N) is 2. The van der Waals surface area contributed by atoms with E-state index in [-0.39, 0.29) is 23.9 Å². The van der Waals surface area contributed by atoms with Gasteiger partial charge in [0.25, 0.3) is 0 Å². The lowest BCUT2D eigenvalue weighted by Gasteiger charge is -2.43. The lowest BCUT2D eigenvalue weighted by Crippen LogP contribution is -2.44. The molecule has 5 rings (SSSR count). The summed E-state index contributed by atoms with van der Waals surface area (Å²) in [5.41, 5.74) is 3.95. The Morgan fingerprint density at radius 2 is 1.10 bits per heavy atom. The maximum absolute atomic E-state index is 12.6. The summed E-state index contributed by atoms with van der Waals surface area (Å²) in [6.45, 7) is 3.11. The fourth-order valence-electron chi connectivity index (χ4n) is 4.55. The van der Waals surface area contributed by atoms with E-state index in [4.69, 9.17) is 0 Å². The number of hydrogen-bond donors (Lipinski definition) is 2. The predicted molar refractivity (Wildman–Crippen MR) is 116 cm³/mol. The van der Waals surface area contributed by atoms with Crippen molar-refractivity contribution in [1.82, 2.24) is 19.8 Å². The first-order chi connectivity index (χ1) is 14.6. The van der Waals surface area contributed by atoms with Crippen molar-refractivity contribution in [3.05, 3.63) is 84.5 Å². The Bertz CT molecular complexity index is 1200. The van der Waals surface area contributed by atoms with Gasteiger partial charge in [-0.25, -0.2) is 0 Å². The number of benzene rings is 2. The van der Waals surface area contributed by atoms with Gasteiger partial charge in [-0.3, -0.25) is 9.59 Å². The molecule has 3 heterocycles. The molecular weight excluding hydrogens is 376 g/mol. The minimum atomic E-state index is -0.369. The van der Waals surface area contributed by atoms with E-state index in [1.54, 1.807) is 36.0 Å². The van der Waals surface area contributed by atoms with E-state index in [0.717, 1.165) is 32.9 Å². The standard InChI is InChI=1S/C24H22N4O2/c1-15(29)27-11-12-28(16(2)30)24(20-14-26-22-10-6-4-8-18(20)22)23(27)19-13-25-21-9-5-3-7-17(19)21/h3-14,23-26H,1-2H3/t23-,24-/m0/s1. The van der Waals surface area contributed by atoms with Gasteiger partial charge in [-0.2, -0.15) is 0 Å². The normalized spacial score (nSPS) is 19.0. The number of hydrogen-bond acceptors (Lipinski definition) is 2. The second-order valence-corrected chi connectivity index (χ2v) is 7.62. The maximum Gasteiger partial charge on any atom is 0.224 e. The maximum atomic E-state index is 12.6. The van der Waals surface area contributed by atoms with Gasteiger partial charge in [0.2, 0.25) is 11.8 Å². The zero-order valence-corrected chi connectivity index (χ0v) is 16.8. The van der Waals surface area contributed by atoms with Crippen molar-refractivity contribution in [3.8, 4) is 0 Å². The molecule has 0 saturated carbocycles. The number of fused-ring (bicyclic) bond motifs is 2. The highest BCUT2D eigenvalue weighted by Crippen LogP contribution is 2.45. The first-order valence-electron chi connectivity index (χ1n) is 9.94. The Balaban J connectivity index is 1.79. The molecule has 2 aromatic heterocycles. The zero-order chi connectivity index (χ0) is 20.8. The minimum absolute atomic E-state index is 0.0745. The van der Waals surface area contributed by atoms with Crippen molar-refractivity contribution in [2.24, 2.45) is 0 Å².